The van der Waals surface area contributed by atoms with Gasteiger partial charge in [0.05, 0.1) is 6.54 Å². The zero-order chi connectivity index (χ0) is 14.8. The third kappa shape index (κ3) is 3.01. The topological polar surface area (TPSA) is 85.1 Å². The van der Waals surface area contributed by atoms with Crippen LogP contribution in [-0.2, 0) is 23.1 Å². The summed E-state index contributed by atoms with van der Waals surface area (Å²) in [6.07, 6.45) is 1.53. The highest BCUT2D eigenvalue weighted by atomic mass is 32.2. The van der Waals surface area contributed by atoms with Gasteiger partial charge in [-0.1, -0.05) is 0 Å². The molecule has 108 valence electrons. The summed E-state index contributed by atoms with van der Waals surface area (Å²) >= 11 is 1.26. The van der Waals surface area contributed by atoms with E-state index in [1.807, 2.05) is 0 Å². The van der Waals surface area contributed by atoms with Crippen LogP contribution < -0.4 is 10.5 Å². The number of nitrogens with one attached hydrogen (secondary N) is 1. The quantitative estimate of drug-likeness (QED) is 0.871. The number of benzene rings is 1. The van der Waals surface area contributed by atoms with Gasteiger partial charge in [-0.05, 0) is 12.1 Å². The predicted molar refractivity (Wildman–Crippen MR) is 70.4 cm³/mol. The number of nitrogens with zero attached hydrogens (tertiary/aromatic N) is 1. The number of hydrogen-bond donors (Lipinski definition) is 2. The monoisotopic (exact) mass is 319 g/mol. The number of hydrogen-bond acceptors (Lipinski definition) is 5. The van der Waals surface area contributed by atoms with Gasteiger partial charge in [0.2, 0.25) is 10.0 Å². The molecule has 0 spiro atoms. The van der Waals surface area contributed by atoms with Gasteiger partial charge in [-0.25, -0.2) is 26.9 Å². The van der Waals surface area contributed by atoms with Gasteiger partial charge >= 0.3 is 0 Å². The second-order valence-electron chi connectivity index (χ2n) is 3.79. The summed E-state index contributed by atoms with van der Waals surface area (Å²) in [7, 11) is -4.10. The van der Waals surface area contributed by atoms with Gasteiger partial charge in [-0.3, -0.25) is 0 Å². The molecule has 2 rings (SSSR count). The highest BCUT2D eigenvalue weighted by molar-refractivity contribution is 7.89. The largest absolute Gasteiger partial charge is 0.326 e. The zero-order valence-electron chi connectivity index (χ0n) is 10.1. The fourth-order valence-electron chi connectivity index (χ4n) is 1.55. The van der Waals surface area contributed by atoms with Gasteiger partial charge in [-0.2, -0.15) is 0 Å². The van der Waals surface area contributed by atoms with Crippen LogP contribution in [0.1, 0.15) is 10.6 Å². The summed E-state index contributed by atoms with van der Waals surface area (Å²) in [5, 5.41) is 2.23. The standard InChI is InChI=1S/C11H11F2N3O2S2/c12-8-1-2-9(11(13)7(8)5-14)20(17,18)16-6-10-15-3-4-19-10/h1-4,16H,5-6,14H2. The molecule has 0 radical (unpaired) electrons. The molecule has 0 saturated carbocycles. The summed E-state index contributed by atoms with van der Waals surface area (Å²) in [6, 6.07) is 1.75. The lowest BCUT2D eigenvalue weighted by molar-refractivity contribution is 0.525. The molecular weight excluding hydrogens is 308 g/mol. The summed E-state index contributed by atoms with van der Waals surface area (Å²) in [5.41, 5.74) is 4.75. The number of halogens is 2. The number of nitrogens with two attached hydrogens (primary N) is 1. The van der Waals surface area contributed by atoms with Crippen LogP contribution >= 0.6 is 11.3 Å². The van der Waals surface area contributed by atoms with Crippen LogP contribution in [0, 0.1) is 11.6 Å². The van der Waals surface area contributed by atoms with E-state index in [0.717, 1.165) is 12.1 Å². The Morgan fingerprint density at radius 1 is 1.35 bits per heavy atom. The maximum Gasteiger partial charge on any atom is 0.243 e. The van der Waals surface area contributed by atoms with E-state index in [-0.39, 0.29) is 6.54 Å². The first-order valence-corrected chi connectivity index (χ1v) is 7.87. The van der Waals surface area contributed by atoms with Crippen LogP contribution in [0.3, 0.4) is 0 Å². The molecule has 0 aliphatic rings. The smallest absolute Gasteiger partial charge is 0.243 e. The van der Waals surface area contributed by atoms with E-state index >= 15 is 0 Å². The molecule has 1 heterocycles. The number of sulfonamides is 1. The first-order valence-electron chi connectivity index (χ1n) is 5.50. The third-order valence-corrected chi connectivity index (χ3v) is 4.74. The second-order valence-corrected chi connectivity index (χ2v) is 6.51. The lowest BCUT2D eigenvalue weighted by Crippen LogP contribution is -2.25. The Bertz CT molecular complexity index is 703. The minimum absolute atomic E-state index is 0.0607. The Morgan fingerprint density at radius 3 is 2.70 bits per heavy atom. The number of thiazole rings is 1. The van der Waals surface area contributed by atoms with Crippen molar-refractivity contribution >= 4 is 21.4 Å². The van der Waals surface area contributed by atoms with E-state index in [9.17, 15) is 17.2 Å². The average molecular weight is 319 g/mol. The zero-order valence-corrected chi connectivity index (χ0v) is 11.8. The van der Waals surface area contributed by atoms with Crippen molar-refractivity contribution in [2.24, 2.45) is 5.73 Å². The molecule has 0 atom stereocenters. The van der Waals surface area contributed by atoms with E-state index in [0.29, 0.717) is 5.01 Å². The fraction of sp³-hybridized carbons (Fsp3) is 0.182. The molecule has 5 nitrogen and oxygen atoms in total. The summed E-state index contributed by atoms with van der Waals surface area (Å²) in [6.45, 7) is -0.484. The Morgan fingerprint density at radius 2 is 2.10 bits per heavy atom. The van der Waals surface area contributed by atoms with Crippen molar-refractivity contribution < 1.29 is 17.2 Å². The fourth-order valence-corrected chi connectivity index (χ4v) is 3.28. The van der Waals surface area contributed by atoms with Crippen molar-refractivity contribution in [2.45, 2.75) is 18.0 Å². The van der Waals surface area contributed by atoms with Crippen molar-refractivity contribution in [3.05, 3.63) is 45.9 Å². The van der Waals surface area contributed by atoms with Gasteiger partial charge in [0.1, 0.15) is 15.7 Å². The van der Waals surface area contributed by atoms with Gasteiger partial charge in [-0.15, -0.1) is 11.3 Å². The van der Waals surface area contributed by atoms with Crippen molar-refractivity contribution in [3.63, 3.8) is 0 Å². The number of aromatic nitrogens is 1. The third-order valence-electron chi connectivity index (χ3n) is 2.54. The predicted octanol–water partition coefficient (Wildman–Crippen LogP) is 1.36. The first-order chi connectivity index (χ1) is 9.45. The van der Waals surface area contributed by atoms with E-state index in [2.05, 4.69) is 9.71 Å². The highest BCUT2D eigenvalue weighted by Gasteiger charge is 2.23. The normalized spacial score (nSPS) is 11.8. The lowest BCUT2D eigenvalue weighted by atomic mass is 10.2. The molecule has 0 unspecified atom stereocenters. The van der Waals surface area contributed by atoms with Crippen molar-refractivity contribution in [1.82, 2.24) is 9.71 Å². The summed E-state index contributed by atoms with van der Waals surface area (Å²) in [5.74, 6) is -2.04. The first kappa shape index (κ1) is 15.0. The van der Waals surface area contributed by atoms with Crippen LogP contribution in [-0.4, -0.2) is 13.4 Å². The summed E-state index contributed by atoms with van der Waals surface area (Å²) < 4.78 is 53.4. The Labute approximate surface area is 118 Å². The average Bonchev–Trinajstić information content (AvgIpc) is 2.90. The molecule has 0 bridgehead atoms. The molecule has 0 aliphatic carbocycles. The Kier molecular flexibility index (Phi) is 4.43. The molecule has 1 aromatic heterocycles. The van der Waals surface area contributed by atoms with Crippen LogP contribution in [0.4, 0.5) is 8.78 Å². The molecule has 2 aromatic rings. The lowest BCUT2D eigenvalue weighted by Gasteiger charge is -2.09. The Hall–Kier alpha value is -1.42. The van der Waals surface area contributed by atoms with Crippen LogP contribution in [0.5, 0.6) is 0 Å². The molecule has 3 N–H and O–H groups in total. The van der Waals surface area contributed by atoms with Crippen molar-refractivity contribution in [3.8, 4) is 0 Å². The molecule has 0 saturated heterocycles. The molecule has 0 aliphatic heterocycles. The molecule has 20 heavy (non-hydrogen) atoms. The second kappa shape index (κ2) is 5.92. The number of rotatable bonds is 5. The maximum absolute atomic E-state index is 13.9. The summed E-state index contributed by atoms with van der Waals surface area (Å²) in [4.78, 5) is 3.27. The van der Waals surface area contributed by atoms with Gasteiger partial charge in [0, 0.05) is 23.7 Å². The highest BCUT2D eigenvalue weighted by Crippen LogP contribution is 2.21. The van der Waals surface area contributed by atoms with Crippen LogP contribution in [0.25, 0.3) is 0 Å². The molecule has 0 fully saturated rings. The molecular formula is C11H11F2N3O2S2. The van der Waals surface area contributed by atoms with Crippen LogP contribution in [0.2, 0.25) is 0 Å². The minimum Gasteiger partial charge on any atom is -0.326 e. The molecule has 1 aromatic carbocycles. The van der Waals surface area contributed by atoms with Gasteiger partial charge in [0.15, 0.2) is 5.82 Å². The molecule has 0 amide bonds. The Balaban J connectivity index is 2.30. The van der Waals surface area contributed by atoms with Crippen LogP contribution in [0.15, 0.2) is 28.6 Å². The van der Waals surface area contributed by atoms with E-state index in [4.69, 9.17) is 5.73 Å². The SMILES string of the molecule is NCc1c(F)ccc(S(=O)(=O)NCc2nccs2)c1F. The minimum atomic E-state index is -4.10. The molecule has 9 heteroatoms. The van der Waals surface area contributed by atoms with Crippen molar-refractivity contribution in [1.29, 1.82) is 0 Å². The van der Waals surface area contributed by atoms with Crippen molar-refractivity contribution in [2.75, 3.05) is 0 Å². The maximum atomic E-state index is 13.9. The van der Waals surface area contributed by atoms with E-state index < -0.39 is 38.7 Å². The van der Waals surface area contributed by atoms with Gasteiger partial charge < -0.3 is 5.73 Å². The van der Waals surface area contributed by atoms with E-state index in [1.165, 1.54) is 17.5 Å². The van der Waals surface area contributed by atoms with E-state index in [1.54, 1.807) is 5.38 Å². The van der Waals surface area contributed by atoms with Gasteiger partial charge in [0.25, 0.3) is 0 Å².